The lowest BCUT2D eigenvalue weighted by Crippen LogP contribution is -2.24. The maximum Gasteiger partial charge on any atom is 0.508 e. The molecule has 0 amide bonds. The number of ether oxygens (including phenoxy) is 2. The summed E-state index contributed by atoms with van der Waals surface area (Å²) in [6, 6.07) is 0. The zero-order valence-corrected chi connectivity index (χ0v) is 30.9. The zero-order chi connectivity index (χ0) is 32.2. The minimum Gasteiger partial charge on any atom is -0.431 e. The molecule has 0 aromatic carbocycles. The summed E-state index contributed by atoms with van der Waals surface area (Å²) in [5.74, 6) is 0. The van der Waals surface area contributed by atoms with Crippen molar-refractivity contribution in [2.45, 2.75) is 258 Å². The van der Waals surface area contributed by atoms with Crippen LogP contribution in [0.4, 0.5) is 4.79 Å². The van der Waals surface area contributed by atoms with Crippen LogP contribution in [-0.4, -0.2) is 18.4 Å². The van der Waals surface area contributed by atoms with Crippen LogP contribution in [0.1, 0.15) is 246 Å². The van der Waals surface area contributed by atoms with E-state index < -0.39 is 0 Å². The van der Waals surface area contributed by atoms with E-state index in [0.717, 1.165) is 25.7 Å². The highest BCUT2D eigenvalue weighted by molar-refractivity contribution is 5.60. The Bertz CT molecular complexity index is 502. The summed E-state index contributed by atoms with van der Waals surface area (Å²) >= 11 is 0. The van der Waals surface area contributed by atoms with Crippen LogP contribution >= 0.6 is 0 Å². The first-order valence-corrected chi connectivity index (χ1v) is 20.5. The van der Waals surface area contributed by atoms with Gasteiger partial charge in [0.1, 0.15) is 12.2 Å². The van der Waals surface area contributed by atoms with Crippen molar-refractivity contribution in [3.8, 4) is 0 Å². The van der Waals surface area contributed by atoms with E-state index in [-0.39, 0.29) is 18.4 Å². The molecule has 0 aliphatic heterocycles. The Morgan fingerprint density at radius 3 is 0.705 bits per heavy atom. The Hall–Kier alpha value is -0.730. The predicted octanol–water partition coefficient (Wildman–Crippen LogP) is 15.2. The molecule has 0 heterocycles. The van der Waals surface area contributed by atoms with Gasteiger partial charge in [-0.3, -0.25) is 0 Å². The molecule has 3 heteroatoms. The molecule has 0 N–H and O–H groups in total. The van der Waals surface area contributed by atoms with E-state index >= 15 is 0 Å². The number of unbranched alkanes of at least 4 members (excludes halogenated alkanes) is 26. The number of carbonyl (C=O) groups excluding carboxylic acids is 1. The molecule has 0 spiro atoms. The van der Waals surface area contributed by atoms with E-state index in [1.54, 1.807) is 0 Å². The lowest BCUT2D eigenvalue weighted by atomic mass is 10.0. The molecule has 0 bridgehead atoms. The predicted molar refractivity (Wildman–Crippen MR) is 195 cm³/mol. The summed E-state index contributed by atoms with van der Waals surface area (Å²) in [5.41, 5.74) is 0. The molecule has 3 nitrogen and oxygen atoms in total. The first kappa shape index (κ1) is 43.3. The molecule has 44 heavy (non-hydrogen) atoms. The Kier molecular flexibility index (Phi) is 36.1. The average molecular weight is 623 g/mol. The number of hydrogen-bond acceptors (Lipinski definition) is 3. The number of carbonyl (C=O) groups is 1. The van der Waals surface area contributed by atoms with Crippen molar-refractivity contribution in [2.24, 2.45) is 0 Å². The topological polar surface area (TPSA) is 35.5 Å². The van der Waals surface area contributed by atoms with Gasteiger partial charge < -0.3 is 9.47 Å². The minimum absolute atomic E-state index is 0.0284. The summed E-state index contributed by atoms with van der Waals surface area (Å²) in [6.07, 6.45) is 43.0. The van der Waals surface area contributed by atoms with Gasteiger partial charge in [0.25, 0.3) is 0 Å². The van der Waals surface area contributed by atoms with E-state index in [4.69, 9.17) is 9.47 Å². The van der Waals surface area contributed by atoms with Crippen molar-refractivity contribution < 1.29 is 14.3 Å². The number of rotatable bonds is 36. The molecular weight excluding hydrogens is 540 g/mol. The Balaban J connectivity index is 4.66. The van der Waals surface area contributed by atoms with Gasteiger partial charge in [-0.15, -0.1) is 0 Å². The normalized spacial score (nSPS) is 12.8. The van der Waals surface area contributed by atoms with Crippen LogP contribution in [0.5, 0.6) is 0 Å². The summed E-state index contributed by atoms with van der Waals surface area (Å²) in [5, 5.41) is 0. The summed E-state index contributed by atoms with van der Waals surface area (Å²) in [4.78, 5) is 13.1. The van der Waals surface area contributed by atoms with Crippen molar-refractivity contribution in [1.29, 1.82) is 0 Å². The van der Waals surface area contributed by atoms with Gasteiger partial charge in [-0.2, -0.15) is 0 Å². The zero-order valence-electron chi connectivity index (χ0n) is 30.9. The second-order valence-corrected chi connectivity index (χ2v) is 14.1. The molecule has 2 atom stereocenters. The minimum atomic E-state index is -0.385. The van der Waals surface area contributed by atoms with Crippen LogP contribution < -0.4 is 0 Å². The maximum absolute atomic E-state index is 13.1. The smallest absolute Gasteiger partial charge is 0.431 e. The third-order valence-electron chi connectivity index (χ3n) is 9.54. The van der Waals surface area contributed by atoms with Crippen LogP contribution in [0.2, 0.25) is 0 Å². The van der Waals surface area contributed by atoms with E-state index in [1.807, 2.05) is 0 Å². The van der Waals surface area contributed by atoms with Gasteiger partial charge in [0.2, 0.25) is 0 Å². The third kappa shape index (κ3) is 32.7. The van der Waals surface area contributed by atoms with Crippen LogP contribution in [0.15, 0.2) is 0 Å². The highest BCUT2D eigenvalue weighted by atomic mass is 16.7. The Labute approximate surface area is 278 Å². The van der Waals surface area contributed by atoms with E-state index in [2.05, 4.69) is 27.7 Å². The van der Waals surface area contributed by atoms with Gasteiger partial charge in [0.05, 0.1) is 0 Å². The molecule has 0 aliphatic rings. The standard InChI is InChI=1S/C41H82O3/c1-5-9-13-17-21-23-25-29-33-37-39(35-31-27-19-15-11-7-3)43-41(42)44-40(36-32-28-20-16-12-8-4)38-34-30-26-24-22-18-14-10-6-2/h39-40H,5-38H2,1-4H3. The summed E-state index contributed by atoms with van der Waals surface area (Å²) < 4.78 is 12.1. The molecule has 2 unspecified atom stereocenters. The average Bonchev–Trinajstić information content (AvgIpc) is 3.02. The molecule has 0 fully saturated rings. The Morgan fingerprint density at radius 1 is 0.318 bits per heavy atom. The van der Waals surface area contributed by atoms with Gasteiger partial charge >= 0.3 is 6.16 Å². The van der Waals surface area contributed by atoms with Gasteiger partial charge in [-0.05, 0) is 51.4 Å². The molecule has 0 rings (SSSR count). The van der Waals surface area contributed by atoms with Crippen LogP contribution in [-0.2, 0) is 9.47 Å². The molecule has 0 saturated carbocycles. The molecule has 0 radical (unpaired) electrons. The second-order valence-electron chi connectivity index (χ2n) is 14.1. The first-order chi connectivity index (χ1) is 21.7. The van der Waals surface area contributed by atoms with Gasteiger partial charge in [-0.1, -0.05) is 195 Å². The fraction of sp³-hybridized carbons (Fsp3) is 0.976. The fourth-order valence-electron chi connectivity index (χ4n) is 6.49. The fourth-order valence-corrected chi connectivity index (χ4v) is 6.49. The van der Waals surface area contributed by atoms with Gasteiger partial charge in [0, 0.05) is 0 Å². The van der Waals surface area contributed by atoms with Crippen LogP contribution in [0, 0.1) is 0 Å². The maximum atomic E-state index is 13.1. The lowest BCUT2D eigenvalue weighted by molar-refractivity contribution is -0.0121. The van der Waals surface area contributed by atoms with Crippen molar-refractivity contribution in [1.82, 2.24) is 0 Å². The summed E-state index contributed by atoms with van der Waals surface area (Å²) in [7, 11) is 0. The molecule has 0 aromatic heterocycles. The van der Waals surface area contributed by atoms with Crippen LogP contribution in [0.25, 0.3) is 0 Å². The monoisotopic (exact) mass is 623 g/mol. The Morgan fingerprint density at radius 2 is 0.500 bits per heavy atom. The molecule has 0 saturated heterocycles. The third-order valence-corrected chi connectivity index (χ3v) is 9.54. The van der Waals surface area contributed by atoms with Crippen molar-refractivity contribution >= 4 is 6.16 Å². The van der Waals surface area contributed by atoms with E-state index in [9.17, 15) is 4.79 Å². The molecular formula is C41H82O3. The molecule has 264 valence electrons. The molecule has 0 aliphatic carbocycles. The van der Waals surface area contributed by atoms with E-state index in [0.29, 0.717) is 0 Å². The largest absolute Gasteiger partial charge is 0.508 e. The molecule has 0 aromatic rings. The first-order valence-electron chi connectivity index (χ1n) is 20.5. The van der Waals surface area contributed by atoms with Crippen LogP contribution in [0.3, 0.4) is 0 Å². The van der Waals surface area contributed by atoms with Crippen molar-refractivity contribution in [2.75, 3.05) is 0 Å². The highest BCUT2D eigenvalue weighted by Gasteiger charge is 2.20. The highest BCUT2D eigenvalue weighted by Crippen LogP contribution is 2.21. The number of hydrogen-bond donors (Lipinski definition) is 0. The van der Waals surface area contributed by atoms with Crippen molar-refractivity contribution in [3.05, 3.63) is 0 Å². The lowest BCUT2D eigenvalue weighted by Gasteiger charge is -2.22. The quantitative estimate of drug-likeness (QED) is 0.0515. The van der Waals surface area contributed by atoms with E-state index in [1.165, 1.54) is 193 Å². The second kappa shape index (κ2) is 36.7. The summed E-state index contributed by atoms with van der Waals surface area (Å²) in [6.45, 7) is 9.12. The van der Waals surface area contributed by atoms with Gasteiger partial charge in [0.15, 0.2) is 0 Å². The van der Waals surface area contributed by atoms with Crippen molar-refractivity contribution in [3.63, 3.8) is 0 Å². The SMILES string of the molecule is CCCCCCCCCCCC(CCCCCCCC)OC(=O)OC(CCCCCCCC)CCCCCCCCCCC. The van der Waals surface area contributed by atoms with Gasteiger partial charge in [-0.25, -0.2) is 4.79 Å².